The van der Waals surface area contributed by atoms with E-state index in [9.17, 15) is 0 Å². The van der Waals surface area contributed by atoms with Crippen molar-refractivity contribution < 1.29 is 0 Å². The molecule has 0 unspecified atom stereocenters. The summed E-state index contributed by atoms with van der Waals surface area (Å²) in [5, 5.41) is 3.70. The van der Waals surface area contributed by atoms with Gasteiger partial charge in [-0.1, -0.05) is 11.6 Å². The second-order valence-corrected chi connectivity index (χ2v) is 5.97. The zero-order chi connectivity index (χ0) is 10.3. The fraction of sp³-hybridized carbons (Fsp3) is 0.727. The van der Waals surface area contributed by atoms with E-state index in [4.69, 9.17) is 11.6 Å². The molecule has 0 radical (unpaired) electrons. The Morgan fingerprint density at radius 1 is 1.27 bits per heavy atom. The minimum absolute atomic E-state index is 0.645. The maximum absolute atomic E-state index is 5.88. The quantitative estimate of drug-likeness (QED) is 0.787. The number of halogens is 1. The molecule has 0 bridgehead atoms. The van der Waals surface area contributed by atoms with E-state index in [-0.39, 0.29) is 0 Å². The molecule has 2 aliphatic rings. The van der Waals surface area contributed by atoms with Gasteiger partial charge < -0.3 is 4.90 Å². The van der Waals surface area contributed by atoms with Crippen molar-refractivity contribution in [2.75, 3.05) is 18.0 Å². The molecule has 0 saturated heterocycles. The molecule has 0 aromatic carbocycles. The number of hydrogen-bond donors (Lipinski definition) is 0. The van der Waals surface area contributed by atoms with Crippen LogP contribution in [0.2, 0.25) is 5.15 Å². The minimum Gasteiger partial charge on any atom is -0.348 e. The Balaban J connectivity index is 1.68. The standard InChI is InChI=1S/C11H15ClN2S/c12-10-7-15-11(13-10)14(5-8-1-2-8)6-9-3-4-9/h7-9H,1-6H2. The lowest BCUT2D eigenvalue weighted by Crippen LogP contribution is -2.27. The van der Waals surface area contributed by atoms with Gasteiger partial charge in [0.2, 0.25) is 0 Å². The summed E-state index contributed by atoms with van der Waals surface area (Å²) in [6.07, 6.45) is 5.61. The molecule has 1 aromatic rings. The molecule has 0 spiro atoms. The lowest BCUT2D eigenvalue weighted by Gasteiger charge is -2.21. The molecule has 82 valence electrons. The van der Waals surface area contributed by atoms with Gasteiger partial charge in [-0.2, -0.15) is 0 Å². The maximum Gasteiger partial charge on any atom is 0.186 e. The fourth-order valence-electron chi connectivity index (χ4n) is 1.85. The smallest absolute Gasteiger partial charge is 0.186 e. The molecule has 1 aromatic heterocycles. The second kappa shape index (κ2) is 3.95. The number of anilines is 1. The summed E-state index contributed by atoms with van der Waals surface area (Å²) in [4.78, 5) is 6.83. The summed E-state index contributed by atoms with van der Waals surface area (Å²) in [6.45, 7) is 2.39. The van der Waals surface area contributed by atoms with E-state index in [1.54, 1.807) is 11.3 Å². The SMILES string of the molecule is Clc1csc(N(CC2CC2)CC2CC2)n1. The van der Waals surface area contributed by atoms with Crippen molar-refractivity contribution >= 4 is 28.1 Å². The van der Waals surface area contributed by atoms with Crippen LogP contribution in [0.25, 0.3) is 0 Å². The molecular formula is C11H15ClN2S. The first-order valence-corrected chi connectivity index (χ1v) is 6.93. The molecule has 2 aliphatic carbocycles. The van der Waals surface area contributed by atoms with Crippen LogP contribution in [0.1, 0.15) is 25.7 Å². The van der Waals surface area contributed by atoms with Crippen LogP contribution in [0.3, 0.4) is 0 Å². The summed E-state index contributed by atoms with van der Waals surface area (Å²) in [5.74, 6) is 1.85. The van der Waals surface area contributed by atoms with Gasteiger partial charge in [-0.3, -0.25) is 0 Å². The maximum atomic E-state index is 5.88. The molecule has 2 nitrogen and oxygen atoms in total. The van der Waals surface area contributed by atoms with Gasteiger partial charge in [0.05, 0.1) is 0 Å². The fourth-order valence-corrected chi connectivity index (χ4v) is 2.81. The van der Waals surface area contributed by atoms with Crippen LogP contribution in [0.4, 0.5) is 5.13 Å². The van der Waals surface area contributed by atoms with Crippen LogP contribution in [0.5, 0.6) is 0 Å². The van der Waals surface area contributed by atoms with Crippen molar-refractivity contribution in [2.45, 2.75) is 25.7 Å². The van der Waals surface area contributed by atoms with Crippen LogP contribution in [0, 0.1) is 11.8 Å². The van der Waals surface area contributed by atoms with E-state index in [2.05, 4.69) is 9.88 Å². The summed E-state index contributed by atoms with van der Waals surface area (Å²) < 4.78 is 0. The molecule has 0 amide bonds. The summed E-state index contributed by atoms with van der Waals surface area (Å²) in [7, 11) is 0. The van der Waals surface area contributed by atoms with Crippen LogP contribution in [0.15, 0.2) is 5.38 Å². The van der Waals surface area contributed by atoms with Crippen molar-refractivity contribution in [3.8, 4) is 0 Å². The van der Waals surface area contributed by atoms with Gasteiger partial charge in [0, 0.05) is 18.5 Å². The Morgan fingerprint density at radius 3 is 2.27 bits per heavy atom. The number of thiazole rings is 1. The molecule has 0 atom stereocenters. The van der Waals surface area contributed by atoms with E-state index in [0.717, 1.165) is 17.0 Å². The molecule has 1 heterocycles. The third-order valence-electron chi connectivity index (χ3n) is 3.09. The van der Waals surface area contributed by atoms with E-state index in [1.165, 1.54) is 38.8 Å². The Labute approximate surface area is 99.3 Å². The van der Waals surface area contributed by atoms with Gasteiger partial charge in [0.15, 0.2) is 5.13 Å². The Hall–Kier alpha value is -0.280. The van der Waals surface area contributed by atoms with E-state index in [1.807, 2.05) is 5.38 Å². The molecular weight excluding hydrogens is 228 g/mol. The van der Waals surface area contributed by atoms with E-state index in [0.29, 0.717) is 5.15 Å². The summed E-state index contributed by atoms with van der Waals surface area (Å²) >= 11 is 7.56. The predicted octanol–water partition coefficient (Wildman–Crippen LogP) is 3.42. The first-order chi connectivity index (χ1) is 7.31. The molecule has 15 heavy (non-hydrogen) atoms. The summed E-state index contributed by atoms with van der Waals surface area (Å²) in [6, 6.07) is 0. The van der Waals surface area contributed by atoms with Gasteiger partial charge in [0.1, 0.15) is 5.15 Å². The van der Waals surface area contributed by atoms with E-state index >= 15 is 0 Å². The van der Waals surface area contributed by atoms with Crippen LogP contribution >= 0.6 is 22.9 Å². The highest BCUT2D eigenvalue weighted by Gasteiger charge is 2.30. The highest BCUT2D eigenvalue weighted by Crippen LogP contribution is 2.36. The van der Waals surface area contributed by atoms with Crippen LogP contribution < -0.4 is 4.90 Å². The Kier molecular flexibility index (Phi) is 2.61. The molecule has 2 fully saturated rings. The predicted molar refractivity (Wildman–Crippen MR) is 64.8 cm³/mol. The van der Waals surface area contributed by atoms with Crippen molar-refractivity contribution in [1.82, 2.24) is 4.98 Å². The third kappa shape index (κ3) is 2.64. The highest BCUT2D eigenvalue weighted by molar-refractivity contribution is 7.14. The Morgan fingerprint density at radius 2 is 1.87 bits per heavy atom. The van der Waals surface area contributed by atoms with Crippen LogP contribution in [-0.4, -0.2) is 18.1 Å². The monoisotopic (exact) mass is 242 g/mol. The zero-order valence-electron chi connectivity index (χ0n) is 8.66. The lowest BCUT2D eigenvalue weighted by atomic mass is 10.3. The molecule has 0 N–H and O–H groups in total. The van der Waals surface area contributed by atoms with Crippen molar-refractivity contribution in [1.29, 1.82) is 0 Å². The number of nitrogens with zero attached hydrogens (tertiary/aromatic N) is 2. The largest absolute Gasteiger partial charge is 0.348 e. The first-order valence-electron chi connectivity index (χ1n) is 5.67. The topological polar surface area (TPSA) is 16.1 Å². The highest BCUT2D eigenvalue weighted by atomic mass is 35.5. The summed E-state index contributed by atoms with van der Waals surface area (Å²) in [5.41, 5.74) is 0. The van der Waals surface area contributed by atoms with Crippen molar-refractivity contribution in [3.05, 3.63) is 10.5 Å². The zero-order valence-corrected chi connectivity index (χ0v) is 10.2. The average molecular weight is 243 g/mol. The van der Waals surface area contributed by atoms with Crippen LogP contribution in [-0.2, 0) is 0 Å². The first kappa shape index (κ1) is 9.91. The van der Waals surface area contributed by atoms with Gasteiger partial charge in [-0.15, -0.1) is 11.3 Å². The minimum atomic E-state index is 0.645. The number of rotatable bonds is 5. The second-order valence-electron chi connectivity index (χ2n) is 4.74. The molecule has 0 aliphatic heterocycles. The number of hydrogen-bond acceptors (Lipinski definition) is 3. The van der Waals surface area contributed by atoms with Gasteiger partial charge >= 0.3 is 0 Å². The lowest BCUT2D eigenvalue weighted by molar-refractivity contribution is 0.677. The van der Waals surface area contributed by atoms with Gasteiger partial charge in [0.25, 0.3) is 0 Å². The number of aromatic nitrogens is 1. The average Bonchev–Trinajstić information content (AvgIpc) is 3.11. The molecule has 2 saturated carbocycles. The van der Waals surface area contributed by atoms with Gasteiger partial charge in [-0.05, 0) is 37.5 Å². The Bertz CT molecular complexity index is 330. The van der Waals surface area contributed by atoms with Crippen molar-refractivity contribution in [2.24, 2.45) is 11.8 Å². The van der Waals surface area contributed by atoms with Gasteiger partial charge in [-0.25, -0.2) is 4.98 Å². The van der Waals surface area contributed by atoms with E-state index < -0.39 is 0 Å². The molecule has 3 rings (SSSR count). The normalized spacial score (nSPS) is 20.6. The molecule has 4 heteroatoms. The third-order valence-corrected chi connectivity index (χ3v) is 4.31. The van der Waals surface area contributed by atoms with Crippen molar-refractivity contribution in [3.63, 3.8) is 0 Å².